The number of hydrogen-bond acceptors (Lipinski definition) is 3. The second kappa shape index (κ2) is 6.70. The minimum absolute atomic E-state index is 0.0797. The highest BCUT2D eigenvalue weighted by atomic mass is 32.2. The topological polar surface area (TPSA) is 94.2 Å². The van der Waals surface area contributed by atoms with Gasteiger partial charge in [0.2, 0.25) is 10.0 Å². The predicted octanol–water partition coefficient (Wildman–Crippen LogP) is 1.80. The molecule has 0 bridgehead atoms. The Hall–Kier alpha value is -2.64. The molecule has 0 aliphatic rings. The number of carbonyl (C=O) groups excluding carboxylic acids is 1. The first-order valence-corrected chi connectivity index (χ1v) is 9.35. The minimum atomic E-state index is -3.68. The van der Waals surface area contributed by atoms with Gasteiger partial charge in [-0.1, -0.05) is 30.3 Å². The molecule has 0 radical (unpaired) electrons. The van der Waals surface area contributed by atoms with Gasteiger partial charge in [0, 0.05) is 30.7 Å². The quantitative estimate of drug-likeness (QED) is 0.729. The van der Waals surface area contributed by atoms with Crippen LogP contribution >= 0.6 is 0 Å². The lowest BCUT2D eigenvalue weighted by atomic mass is 10.1. The molecule has 3 rings (SSSR count). The van der Waals surface area contributed by atoms with Gasteiger partial charge in [-0.2, -0.15) is 0 Å². The highest BCUT2D eigenvalue weighted by Crippen LogP contribution is 2.20. The number of para-hydroxylation sites is 1. The number of carbonyl (C=O) groups is 1. The summed E-state index contributed by atoms with van der Waals surface area (Å²) >= 11 is 0. The lowest BCUT2D eigenvalue weighted by molar-refractivity contribution is 0.0955. The number of benzene rings is 2. The smallest absolute Gasteiger partial charge is 0.253 e. The third-order valence-corrected chi connectivity index (χ3v) is 5.02. The largest absolute Gasteiger partial charge is 0.352 e. The Morgan fingerprint density at radius 3 is 2.48 bits per heavy atom. The summed E-state index contributed by atoms with van der Waals surface area (Å²) in [6, 6.07) is 14.1. The zero-order chi connectivity index (χ0) is 18.0. The van der Waals surface area contributed by atoms with Crippen LogP contribution in [0.4, 0.5) is 0 Å². The standard InChI is InChI=1S/C18H19N3O3S/c1-21-12-16(15-4-2-3-5-17(15)21)18(22)20-11-10-13-6-8-14(9-7-13)25(19,23)24/h2-9,12H,10-11H2,1H3,(H,20,22)(H2,19,23,24). The molecule has 0 saturated heterocycles. The van der Waals surface area contributed by atoms with Gasteiger partial charge in [0.1, 0.15) is 0 Å². The number of nitrogens with two attached hydrogens (primary N) is 1. The Morgan fingerprint density at radius 2 is 1.80 bits per heavy atom. The number of hydrogen-bond donors (Lipinski definition) is 2. The molecule has 0 atom stereocenters. The summed E-state index contributed by atoms with van der Waals surface area (Å²) in [6.07, 6.45) is 2.42. The number of nitrogens with one attached hydrogen (secondary N) is 1. The molecule has 130 valence electrons. The molecule has 1 heterocycles. The van der Waals surface area contributed by atoms with Crippen molar-refractivity contribution in [2.45, 2.75) is 11.3 Å². The summed E-state index contributed by atoms with van der Waals surface area (Å²) in [6.45, 7) is 0.455. The Balaban J connectivity index is 1.64. The first kappa shape index (κ1) is 17.2. The highest BCUT2D eigenvalue weighted by Gasteiger charge is 2.13. The highest BCUT2D eigenvalue weighted by molar-refractivity contribution is 7.89. The monoisotopic (exact) mass is 357 g/mol. The van der Waals surface area contributed by atoms with E-state index >= 15 is 0 Å². The lowest BCUT2D eigenvalue weighted by Gasteiger charge is -2.05. The van der Waals surface area contributed by atoms with Crippen molar-refractivity contribution in [1.82, 2.24) is 9.88 Å². The number of aryl methyl sites for hydroxylation is 1. The second-order valence-electron chi connectivity index (χ2n) is 5.87. The van der Waals surface area contributed by atoms with Crippen molar-refractivity contribution in [3.63, 3.8) is 0 Å². The van der Waals surface area contributed by atoms with Crippen molar-refractivity contribution in [3.05, 3.63) is 65.9 Å². The molecule has 0 spiro atoms. The van der Waals surface area contributed by atoms with Crippen LogP contribution < -0.4 is 10.5 Å². The average Bonchev–Trinajstić information content (AvgIpc) is 2.92. The van der Waals surface area contributed by atoms with Crippen LogP contribution in [-0.2, 0) is 23.5 Å². The van der Waals surface area contributed by atoms with Gasteiger partial charge in [-0.05, 0) is 30.2 Å². The van der Waals surface area contributed by atoms with Gasteiger partial charge in [-0.15, -0.1) is 0 Å². The van der Waals surface area contributed by atoms with E-state index < -0.39 is 10.0 Å². The molecule has 0 aliphatic heterocycles. The zero-order valence-electron chi connectivity index (χ0n) is 13.8. The van der Waals surface area contributed by atoms with E-state index in [4.69, 9.17) is 5.14 Å². The molecule has 0 aliphatic carbocycles. The Bertz CT molecular complexity index is 1020. The van der Waals surface area contributed by atoms with Crippen LogP contribution in [0.25, 0.3) is 10.9 Å². The molecular weight excluding hydrogens is 338 g/mol. The van der Waals surface area contributed by atoms with E-state index in [2.05, 4.69) is 5.32 Å². The van der Waals surface area contributed by atoms with Gasteiger partial charge in [-0.3, -0.25) is 4.79 Å². The van der Waals surface area contributed by atoms with E-state index in [0.717, 1.165) is 16.5 Å². The summed E-state index contributed by atoms with van der Waals surface area (Å²) in [5, 5.41) is 8.89. The summed E-state index contributed by atoms with van der Waals surface area (Å²) in [5.74, 6) is -0.127. The van der Waals surface area contributed by atoms with Gasteiger partial charge < -0.3 is 9.88 Å². The van der Waals surface area contributed by atoms with Crippen molar-refractivity contribution in [2.24, 2.45) is 12.2 Å². The number of sulfonamides is 1. The van der Waals surface area contributed by atoms with Crippen LogP contribution in [0.15, 0.2) is 59.6 Å². The van der Waals surface area contributed by atoms with Crippen molar-refractivity contribution in [1.29, 1.82) is 0 Å². The van der Waals surface area contributed by atoms with E-state index in [9.17, 15) is 13.2 Å². The Labute approximate surface area is 146 Å². The normalized spacial score (nSPS) is 11.6. The number of rotatable bonds is 5. The van der Waals surface area contributed by atoms with Crippen LogP contribution in [0, 0.1) is 0 Å². The maximum Gasteiger partial charge on any atom is 0.253 e. The summed E-state index contributed by atoms with van der Waals surface area (Å²) in [7, 11) is -1.77. The van der Waals surface area contributed by atoms with Crippen LogP contribution in [-0.4, -0.2) is 25.4 Å². The summed E-state index contributed by atoms with van der Waals surface area (Å²) < 4.78 is 24.4. The van der Waals surface area contributed by atoms with Gasteiger partial charge in [-0.25, -0.2) is 13.6 Å². The van der Waals surface area contributed by atoms with Crippen molar-refractivity contribution in [3.8, 4) is 0 Å². The molecule has 1 aromatic heterocycles. The molecule has 0 saturated carbocycles. The van der Waals surface area contributed by atoms with Crippen molar-refractivity contribution in [2.75, 3.05) is 6.54 Å². The molecule has 3 N–H and O–H groups in total. The fourth-order valence-corrected chi connectivity index (χ4v) is 3.30. The van der Waals surface area contributed by atoms with Crippen molar-refractivity contribution >= 4 is 26.8 Å². The number of nitrogens with zero attached hydrogens (tertiary/aromatic N) is 1. The molecule has 0 unspecified atom stereocenters. The molecule has 25 heavy (non-hydrogen) atoms. The molecular formula is C18H19N3O3S. The fourth-order valence-electron chi connectivity index (χ4n) is 2.78. The van der Waals surface area contributed by atoms with E-state index in [-0.39, 0.29) is 10.8 Å². The molecule has 2 aromatic carbocycles. The Kier molecular flexibility index (Phi) is 4.61. The molecule has 0 fully saturated rings. The molecule has 3 aromatic rings. The van der Waals surface area contributed by atoms with E-state index in [1.807, 2.05) is 42.1 Å². The zero-order valence-corrected chi connectivity index (χ0v) is 14.6. The van der Waals surface area contributed by atoms with Crippen LogP contribution in [0.3, 0.4) is 0 Å². The molecule has 7 heteroatoms. The third kappa shape index (κ3) is 3.72. The van der Waals surface area contributed by atoms with Gasteiger partial charge >= 0.3 is 0 Å². The first-order chi connectivity index (χ1) is 11.9. The molecule has 1 amide bonds. The van der Waals surface area contributed by atoms with Gasteiger partial charge in [0.25, 0.3) is 5.91 Å². The van der Waals surface area contributed by atoms with Crippen LogP contribution in [0.5, 0.6) is 0 Å². The van der Waals surface area contributed by atoms with Crippen LogP contribution in [0.1, 0.15) is 15.9 Å². The van der Waals surface area contributed by atoms with Crippen LogP contribution in [0.2, 0.25) is 0 Å². The third-order valence-electron chi connectivity index (χ3n) is 4.09. The maximum atomic E-state index is 12.4. The first-order valence-electron chi connectivity index (χ1n) is 7.80. The second-order valence-corrected chi connectivity index (χ2v) is 7.43. The lowest BCUT2D eigenvalue weighted by Crippen LogP contribution is -2.25. The number of primary sulfonamides is 1. The predicted molar refractivity (Wildman–Crippen MR) is 96.8 cm³/mol. The Morgan fingerprint density at radius 1 is 1.12 bits per heavy atom. The van der Waals surface area contributed by atoms with E-state index in [1.165, 1.54) is 12.1 Å². The number of aromatic nitrogens is 1. The van der Waals surface area contributed by atoms with Gasteiger partial charge in [0.15, 0.2) is 0 Å². The number of amides is 1. The summed E-state index contributed by atoms with van der Waals surface area (Å²) in [4.78, 5) is 12.5. The summed E-state index contributed by atoms with van der Waals surface area (Å²) in [5.41, 5.74) is 2.57. The maximum absolute atomic E-state index is 12.4. The van der Waals surface area contributed by atoms with E-state index in [1.54, 1.807) is 12.1 Å². The minimum Gasteiger partial charge on any atom is -0.352 e. The number of fused-ring (bicyclic) bond motifs is 1. The fraction of sp³-hybridized carbons (Fsp3) is 0.167. The average molecular weight is 357 g/mol. The molecule has 6 nitrogen and oxygen atoms in total. The van der Waals surface area contributed by atoms with Crippen molar-refractivity contribution < 1.29 is 13.2 Å². The van der Waals surface area contributed by atoms with Gasteiger partial charge in [0.05, 0.1) is 10.5 Å². The van der Waals surface area contributed by atoms with E-state index in [0.29, 0.717) is 18.5 Å². The SMILES string of the molecule is Cn1cc(C(=O)NCCc2ccc(S(N)(=O)=O)cc2)c2ccccc21.